The number of rotatable bonds is 4. The van der Waals surface area contributed by atoms with Crippen LogP contribution in [0.5, 0.6) is 0 Å². The highest BCUT2D eigenvalue weighted by molar-refractivity contribution is 6.04. The van der Waals surface area contributed by atoms with Crippen LogP contribution >= 0.6 is 0 Å². The maximum Gasteiger partial charge on any atom is 0.255 e. The predicted molar refractivity (Wildman–Crippen MR) is 142 cm³/mol. The number of carbonyl (C=O) groups excluding carboxylic acids is 2. The molecule has 0 aliphatic carbocycles. The second-order valence-electron chi connectivity index (χ2n) is 9.83. The number of piperazine rings is 1. The monoisotopic (exact) mass is 478 g/mol. The number of carbonyl (C=O) groups is 2. The summed E-state index contributed by atoms with van der Waals surface area (Å²) in [7, 11) is 2.07. The number of fused-ring (bicyclic) bond motifs is 2. The molecule has 6 heteroatoms. The van der Waals surface area contributed by atoms with Crippen molar-refractivity contribution < 1.29 is 9.59 Å². The van der Waals surface area contributed by atoms with Gasteiger partial charge in [0.05, 0.1) is 11.7 Å². The number of hydrogen-bond acceptors (Lipinski definition) is 3. The average Bonchev–Trinajstić information content (AvgIpc) is 3.44. The Kier molecular flexibility index (Phi) is 5.61. The van der Waals surface area contributed by atoms with E-state index in [0.29, 0.717) is 18.7 Å². The summed E-state index contributed by atoms with van der Waals surface area (Å²) in [5.74, 6) is -0.0785. The van der Waals surface area contributed by atoms with Gasteiger partial charge in [0.15, 0.2) is 0 Å². The first kappa shape index (κ1) is 22.6. The van der Waals surface area contributed by atoms with Gasteiger partial charge in [-0.2, -0.15) is 0 Å². The highest BCUT2D eigenvalue weighted by Crippen LogP contribution is 2.46. The Hall–Kier alpha value is -3.90. The summed E-state index contributed by atoms with van der Waals surface area (Å²) in [5, 5.41) is 1.06. The fraction of sp³-hybridized carbons (Fsp3) is 0.267. The van der Waals surface area contributed by atoms with Crippen molar-refractivity contribution in [2.75, 3.05) is 33.2 Å². The van der Waals surface area contributed by atoms with Crippen LogP contribution in [0.4, 0.5) is 0 Å². The third kappa shape index (κ3) is 3.60. The van der Waals surface area contributed by atoms with E-state index in [1.165, 1.54) is 0 Å². The molecule has 6 nitrogen and oxygen atoms in total. The molecule has 2 unspecified atom stereocenters. The van der Waals surface area contributed by atoms with Crippen molar-refractivity contribution in [2.45, 2.75) is 19.0 Å². The van der Waals surface area contributed by atoms with E-state index in [4.69, 9.17) is 0 Å². The molecule has 1 saturated heterocycles. The highest BCUT2D eigenvalue weighted by atomic mass is 16.2. The molecular formula is C30H30N4O2. The molecule has 0 saturated carbocycles. The summed E-state index contributed by atoms with van der Waals surface area (Å²) in [6.45, 7) is 4.94. The van der Waals surface area contributed by atoms with Crippen LogP contribution in [0.15, 0.2) is 78.9 Å². The number of likely N-dealkylation sites (N-methyl/N-ethyl adjacent to an activating group) is 1. The molecule has 1 fully saturated rings. The second-order valence-corrected chi connectivity index (χ2v) is 9.83. The molecule has 0 spiro atoms. The molecule has 1 aromatic heterocycles. The third-order valence-electron chi connectivity index (χ3n) is 7.67. The number of nitrogens with zero attached hydrogens (tertiary/aromatic N) is 3. The Morgan fingerprint density at radius 2 is 1.56 bits per heavy atom. The molecule has 182 valence electrons. The Balaban J connectivity index is 1.51. The summed E-state index contributed by atoms with van der Waals surface area (Å²) in [6.07, 6.45) is 0. The zero-order valence-electron chi connectivity index (χ0n) is 20.6. The molecule has 2 aliphatic heterocycles. The highest BCUT2D eigenvalue weighted by Gasteiger charge is 2.45. The number of aromatic nitrogens is 1. The maximum absolute atomic E-state index is 13.9. The minimum Gasteiger partial charge on any atom is -0.354 e. The second kappa shape index (κ2) is 8.95. The quantitative estimate of drug-likeness (QED) is 0.468. The summed E-state index contributed by atoms with van der Waals surface area (Å²) < 4.78 is 0. The Bertz CT molecular complexity index is 1440. The maximum atomic E-state index is 13.9. The summed E-state index contributed by atoms with van der Waals surface area (Å²) in [5.41, 5.74) is 5.70. The first-order valence-corrected chi connectivity index (χ1v) is 12.6. The van der Waals surface area contributed by atoms with Gasteiger partial charge in [0, 0.05) is 48.2 Å². The summed E-state index contributed by atoms with van der Waals surface area (Å²) >= 11 is 0. The van der Waals surface area contributed by atoms with Gasteiger partial charge in [0.2, 0.25) is 5.91 Å². The van der Waals surface area contributed by atoms with E-state index in [1.54, 1.807) is 0 Å². The molecule has 0 radical (unpaired) electrons. The number of H-pyrrole nitrogens is 1. The van der Waals surface area contributed by atoms with E-state index in [-0.39, 0.29) is 17.9 Å². The van der Waals surface area contributed by atoms with Gasteiger partial charge in [-0.15, -0.1) is 0 Å². The van der Waals surface area contributed by atoms with Gasteiger partial charge in [0.1, 0.15) is 6.04 Å². The van der Waals surface area contributed by atoms with Gasteiger partial charge in [-0.3, -0.25) is 9.59 Å². The van der Waals surface area contributed by atoms with Gasteiger partial charge < -0.3 is 19.7 Å². The number of hydrogen-bond donors (Lipinski definition) is 1. The Morgan fingerprint density at radius 3 is 2.33 bits per heavy atom. The van der Waals surface area contributed by atoms with Crippen LogP contribution in [0.25, 0.3) is 22.2 Å². The topological polar surface area (TPSA) is 59.7 Å². The molecule has 3 heterocycles. The van der Waals surface area contributed by atoms with E-state index in [9.17, 15) is 9.59 Å². The fourth-order valence-electron chi connectivity index (χ4n) is 5.72. The van der Waals surface area contributed by atoms with Gasteiger partial charge in [-0.25, -0.2) is 0 Å². The van der Waals surface area contributed by atoms with E-state index < -0.39 is 6.04 Å². The van der Waals surface area contributed by atoms with E-state index in [0.717, 1.165) is 46.4 Å². The van der Waals surface area contributed by atoms with Crippen molar-refractivity contribution in [1.29, 1.82) is 0 Å². The lowest BCUT2D eigenvalue weighted by Gasteiger charge is -2.38. The molecule has 2 amide bonds. The Labute approximate surface area is 211 Å². The van der Waals surface area contributed by atoms with Crippen LogP contribution in [0, 0.1) is 0 Å². The van der Waals surface area contributed by atoms with Crippen LogP contribution in [0.2, 0.25) is 0 Å². The number of nitrogens with one attached hydrogen (secondary N) is 1. The lowest BCUT2D eigenvalue weighted by molar-refractivity contribution is -0.137. The molecule has 6 rings (SSSR count). The third-order valence-corrected chi connectivity index (χ3v) is 7.67. The van der Waals surface area contributed by atoms with Gasteiger partial charge >= 0.3 is 0 Å². The smallest absolute Gasteiger partial charge is 0.255 e. The van der Waals surface area contributed by atoms with Crippen molar-refractivity contribution in [3.63, 3.8) is 0 Å². The summed E-state index contributed by atoms with van der Waals surface area (Å²) in [4.78, 5) is 37.2. The van der Waals surface area contributed by atoms with Crippen molar-refractivity contribution in [3.05, 3.63) is 95.6 Å². The molecule has 3 aromatic carbocycles. The van der Waals surface area contributed by atoms with Gasteiger partial charge in [0.25, 0.3) is 5.91 Å². The summed E-state index contributed by atoms with van der Waals surface area (Å²) in [6, 6.07) is 25.3. The Morgan fingerprint density at radius 1 is 0.889 bits per heavy atom. The van der Waals surface area contributed by atoms with Crippen molar-refractivity contribution >= 4 is 22.7 Å². The largest absolute Gasteiger partial charge is 0.354 e. The molecular weight excluding hydrogens is 448 g/mol. The van der Waals surface area contributed by atoms with Crippen LogP contribution in [0.1, 0.15) is 34.5 Å². The van der Waals surface area contributed by atoms with E-state index >= 15 is 0 Å². The van der Waals surface area contributed by atoms with Crippen LogP contribution < -0.4 is 0 Å². The standard InChI is InChI=1S/C30H30N4O2/c1-20(29(35)33-18-16-32(2)17-19-33)34-28(22-12-6-7-13-23(22)30(34)36)26-24-14-8-9-15-25(24)31-27(26)21-10-4-3-5-11-21/h3-15,20,28,31H,16-19H2,1-2H3. The van der Waals surface area contributed by atoms with Crippen LogP contribution in [-0.4, -0.2) is 70.8 Å². The zero-order valence-corrected chi connectivity index (χ0v) is 20.6. The van der Waals surface area contributed by atoms with Crippen molar-refractivity contribution in [1.82, 2.24) is 19.7 Å². The molecule has 0 bridgehead atoms. The number of amides is 2. The number of benzene rings is 3. The van der Waals surface area contributed by atoms with Crippen molar-refractivity contribution in [3.8, 4) is 11.3 Å². The molecule has 1 N–H and O–H groups in total. The fourth-order valence-corrected chi connectivity index (χ4v) is 5.72. The first-order chi connectivity index (χ1) is 17.5. The predicted octanol–water partition coefficient (Wildman–Crippen LogP) is 4.54. The molecule has 2 atom stereocenters. The number of aromatic amines is 1. The zero-order chi connectivity index (χ0) is 24.8. The molecule has 36 heavy (non-hydrogen) atoms. The molecule has 4 aromatic rings. The molecule has 2 aliphatic rings. The lowest BCUT2D eigenvalue weighted by Crippen LogP contribution is -2.54. The van der Waals surface area contributed by atoms with Crippen molar-refractivity contribution in [2.24, 2.45) is 0 Å². The lowest BCUT2D eigenvalue weighted by atomic mass is 9.92. The van der Waals surface area contributed by atoms with Crippen LogP contribution in [0.3, 0.4) is 0 Å². The van der Waals surface area contributed by atoms with Crippen LogP contribution in [-0.2, 0) is 4.79 Å². The van der Waals surface area contributed by atoms with Gasteiger partial charge in [-0.1, -0.05) is 66.7 Å². The normalized spacial score (nSPS) is 19.1. The van der Waals surface area contributed by atoms with E-state index in [1.807, 2.05) is 71.3 Å². The van der Waals surface area contributed by atoms with E-state index in [2.05, 4.69) is 41.2 Å². The first-order valence-electron chi connectivity index (χ1n) is 12.6. The SMILES string of the molecule is CC(C(=O)N1CCN(C)CC1)N1C(=O)c2ccccc2C1c1c(-c2ccccc2)[nH]c2ccccc12. The minimum absolute atomic E-state index is 0.00959. The van der Waals surface area contributed by atoms with Gasteiger partial charge in [-0.05, 0) is 37.2 Å². The average molecular weight is 479 g/mol. The minimum atomic E-state index is -0.587. The number of para-hydroxylation sites is 1.